The van der Waals surface area contributed by atoms with Crippen molar-refractivity contribution in [2.24, 2.45) is 4.99 Å². The highest BCUT2D eigenvalue weighted by atomic mass is 16.5. The van der Waals surface area contributed by atoms with E-state index >= 15 is 0 Å². The van der Waals surface area contributed by atoms with Gasteiger partial charge in [0.25, 0.3) is 0 Å². The van der Waals surface area contributed by atoms with E-state index in [1.165, 1.54) is 0 Å². The van der Waals surface area contributed by atoms with Gasteiger partial charge in [-0.2, -0.15) is 0 Å². The molecular weight excluding hydrogens is 178 g/mol. The zero-order valence-corrected chi connectivity index (χ0v) is 8.36. The fourth-order valence-corrected chi connectivity index (χ4v) is 1.02. The van der Waals surface area contributed by atoms with E-state index in [1.54, 1.807) is 32.6 Å². The second-order valence-electron chi connectivity index (χ2n) is 2.55. The molecule has 0 aliphatic carbocycles. The van der Waals surface area contributed by atoms with Gasteiger partial charge in [0, 0.05) is 12.3 Å². The summed E-state index contributed by atoms with van der Waals surface area (Å²) in [5.74, 6) is 1.43. The molecule has 0 aromatic heterocycles. The lowest BCUT2D eigenvalue weighted by atomic mass is 10.3. The number of methoxy groups -OCH3 is 2. The average Bonchev–Trinajstić information content (AvgIpc) is 2.26. The summed E-state index contributed by atoms with van der Waals surface area (Å²) in [5.41, 5.74) is 0.758. The van der Waals surface area contributed by atoms with E-state index in [-0.39, 0.29) is 0 Å². The Morgan fingerprint density at radius 2 is 2.07 bits per heavy atom. The first-order valence-electron chi connectivity index (χ1n) is 4.19. The zero-order valence-electron chi connectivity index (χ0n) is 8.36. The van der Waals surface area contributed by atoms with Crippen molar-refractivity contribution in [1.82, 2.24) is 0 Å². The van der Waals surface area contributed by atoms with Crippen molar-refractivity contribution in [2.75, 3.05) is 14.2 Å². The van der Waals surface area contributed by atoms with Gasteiger partial charge in [-0.1, -0.05) is 12.7 Å². The van der Waals surface area contributed by atoms with E-state index in [2.05, 4.69) is 11.6 Å². The van der Waals surface area contributed by atoms with Gasteiger partial charge in [-0.25, -0.2) is 0 Å². The molecule has 0 aliphatic heterocycles. The maximum Gasteiger partial charge on any atom is 0.148 e. The topological polar surface area (TPSA) is 30.8 Å². The summed E-state index contributed by atoms with van der Waals surface area (Å²) in [6, 6.07) is 5.45. The van der Waals surface area contributed by atoms with Crippen molar-refractivity contribution in [1.29, 1.82) is 0 Å². The fraction of sp³-hybridized carbons (Fsp3) is 0.182. The first kappa shape index (κ1) is 10.3. The Balaban J connectivity index is 3.04. The Hall–Kier alpha value is -1.77. The first-order valence-corrected chi connectivity index (χ1v) is 4.19. The molecule has 0 fully saturated rings. The number of hydrogen-bond acceptors (Lipinski definition) is 3. The summed E-state index contributed by atoms with van der Waals surface area (Å²) in [6.45, 7) is 3.55. The van der Waals surface area contributed by atoms with Crippen LogP contribution in [0.2, 0.25) is 0 Å². The molecule has 3 heteroatoms. The lowest BCUT2D eigenvalue weighted by Crippen LogP contribution is -1.86. The third kappa shape index (κ3) is 2.36. The minimum Gasteiger partial charge on any atom is -0.497 e. The van der Waals surface area contributed by atoms with Crippen molar-refractivity contribution >= 4 is 11.9 Å². The fourth-order valence-electron chi connectivity index (χ4n) is 1.02. The maximum absolute atomic E-state index is 5.16. The Morgan fingerprint density at radius 1 is 1.29 bits per heavy atom. The van der Waals surface area contributed by atoms with Crippen LogP contribution in [0.3, 0.4) is 0 Å². The van der Waals surface area contributed by atoms with Crippen molar-refractivity contribution in [3.63, 3.8) is 0 Å². The minimum absolute atomic E-state index is 0.683. The molecule has 0 heterocycles. The van der Waals surface area contributed by atoms with E-state index in [0.29, 0.717) is 5.75 Å². The highest BCUT2D eigenvalue weighted by Gasteiger charge is 2.01. The molecule has 0 amide bonds. The lowest BCUT2D eigenvalue weighted by molar-refractivity contribution is 0.395. The summed E-state index contributed by atoms with van der Waals surface area (Å²) < 4.78 is 10.2. The molecule has 14 heavy (non-hydrogen) atoms. The summed E-state index contributed by atoms with van der Waals surface area (Å²) in [7, 11) is 3.21. The molecule has 0 saturated carbocycles. The van der Waals surface area contributed by atoms with Gasteiger partial charge in [-0.05, 0) is 12.1 Å². The summed E-state index contributed by atoms with van der Waals surface area (Å²) >= 11 is 0. The molecular formula is C11H13NO2. The van der Waals surface area contributed by atoms with Crippen LogP contribution in [-0.2, 0) is 0 Å². The first-order chi connectivity index (χ1) is 6.81. The van der Waals surface area contributed by atoms with E-state index in [0.717, 1.165) is 11.4 Å². The normalized spacial score (nSPS) is 10.1. The van der Waals surface area contributed by atoms with Gasteiger partial charge >= 0.3 is 0 Å². The molecule has 0 bridgehead atoms. The van der Waals surface area contributed by atoms with Crippen molar-refractivity contribution < 1.29 is 9.47 Å². The second-order valence-corrected chi connectivity index (χ2v) is 2.55. The van der Waals surface area contributed by atoms with E-state index in [4.69, 9.17) is 9.47 Å². The number of rotatable bonds is 4. The molecule has 1 aromatic carbocycles. The van der Waals surface area contributed by atoms with Gasteiger partial charge in [0.1, 0.15) is 17.2 Å². The number of benzene rings is 1. The van der Waals surface area contributed by atoms with Gasteiger partial charge < -0.3 is 9.47 Å². The predicted octanol–water partition coefficient (Wildman–Crippen LogP) is 2.59. The lowest BCUT2D eigenvalue weighted by Gasteiger charge is -2.06. The second kappa shape index (κ2) is 5.07. The molecule has 74 valence electrons. The number of ether oxygens (including phenoxy) is 2. The van der Waals surface area contributed by atoms with Crippen LogP contribution in [0.4, 0.5) is 5.69 Å². The van der Waals surface area contributed by atoms with E-state index in [1.807, 2.05) is 12.1 Å². The molecule has 0 aliphatic rings. The Kier molecular flexibility index (Phi) is 3.73. The third-order valence-electron chi connectivity index (χ3n) is 1.71. The van der Waals surface area contributed by atoms with E-state index in [9.17, 15) is 0 Å². The summed E-state index contributed by atoms with van der Waals surface area (Å²) in [6.07, 6.45) is 3.23. The largest absolute Gasteiger partial charge is 0.497 e. The number of nitrogens with zero attached hydrogens (tertiary/aromatic N) is 1. The van der Waals surface area contributed by atoms with Crippen LogP contribution in [0.1, 0.15) is 0 Å². The van der Waals surface area contributed by atoms with Crippen molar-refractivity contribution in [3.05, 3.63) is 30.9 Å². The smallest absolute Gasteiger partial charge is 0.148 e. The van der Waals surface area contributed by atoms with Gasteiger partial charge in [-0.3, -0.25) is 4.99 Å². The Labute approximate surface area is 83.7 Å². The van der Waals surface area contributed by atoms with Gasteiger partial charge in [0.2, 0.25) is 0 Å². The molecule has 0 spiro atoms. The maximum atomic E-state index is 5.16. The highest BCUT2D eigenvalue weighted by Crippen LogP contribution is 2.30. The van der Waals surface area contributed by atoms with Crippen LogP contribution in [0.15, 0.2) is 35.8 Å². The highest BCUT2D eigenvalue weighted by molar-refractivity contribution is 5.75. The van der Waals surface area contributed by atoms with Crippen molar-refractivity contribution in [3.8, 4) is 11.5 Å². The SMILES string of the molecule is C=CC=Nc1ccc(OC)cc1OC. The predicted molar refractivity (Wildman–Crippen MR) is 57.9 cm³/mol. The minimum atomic E-state index is 0.683. The standard InChI is InChI=1S/C11H13NO2/c1-4-7-12-10-6-5-9(13-2)8-11(10)14-3/h4-8H,1H2,2-3H3. The van der Waals surface area contributed by atoms with Gasteiger partial charge in [0.15, 0.2) is 0 Å². The molecule has 3 nitrogen and oxygen atoms in total. The summed E-state index contributed by atoms with van der Waals surface area (Å²) in [4.78, 5) is 4.15. The molecule has 0 radical (unpaired) electrons. The van der Waals surface area contributed by atoms with Gasteiger partial charge in [0.05, 0.1) is 14.2 Å². The van der Waals surface area contributed by atoms with Gasteiger partial charge in [-0.15, -0.1) is 0 Å². The monoisotopic (exact) mass is 191 g/mol. The van der Waals surface area contributed by atoms with Crippen LogP contribution < -0.4 is 9.47 Å². The van der Waals surface area contributed by atoms with Crippen LogP contribution in [-0.4, -0.2) is 20.4 Å². The van der Waals surface area contributed by atoms with Crippen LogP contribution in [0.25, 0.3) is 0 Å². The Morgan fingerprint density at radius 3 is 2.64 bits per heavy atom. The quantitative estimate of drug-likeness (QED) is 0.685. The average molecular weight is 191 g/mol. The molecule has 0 N–H and O–H groups in total. The molecule has 0 atom stereocenters. The number of aliphatic imine (C=N–C) groups is 1. The molecule has 1 aromatic rings. The molecule has 0 saturated heterocycles. The summed E-state index contributed by atoms with van der Waals surface area (Å²) in [5, 5.41) is 0. The van der Waals surface area contributed by atoms with Crippen molar-refractivity contribution in [2.45, 2.75) is 0 Å². The number of allylic oxidation sites excluding steroid dienone is 1. The van der Waals surface area contributed by atoms with Crippen LogP contribution in [0, 0.1) is 0 Å². The Bertz CT molecular complexity index is 345. The van der Waals surface area contributed by atoms with E-state index < -0.39 is 0 Å². The van der Waals surface area contributed by atoms with Crippen LogP contribution in [0.5, 0.6) is 11.5 Å². The molecule has 0 unspecified atom stereocenters. The number of hydrogen-bond donors (Lipinski definition) is 0. The third-order valence-corrected chi connectivity index (χ3v) is 1.71. The van der Waals surface area contributed by atoms with Crippen LogP contribution >= 0.6 is 0 Å². The molecule has 1 rings (SSSR count). The zero-order chi connectivity index (χ0) is 10.4.